The molecule has 0 aliphatic carbocycles. The van der Waals surface area contributed by atoms with Gasteiger partial charge in [0.15, 0.2) is 0 Å². The third-order valence-electron chi connectivity index (χ3n) is 4.47. The van der Waals surface area contributed by atoms with E-state index in [1.54, 1.807) is 18.3 Å². The lowest BCUT2D eigenvalue weighted by Crippen LogP contribution is -2.35. The van der Waals surface area contributed by atoms with Gasteiger partial charge in [-0.3, -0.25) is 4.79 Å². The van der Waals surface area contributed by atoms with E-state index in [4.69, 9.17) is 21.1 Å². The van der Waals surface area contributed by atoms with Crippen LogP contribution in [0.5, 0.6) is 17.4 Å². The van der Waals surface area contributed by atoms with E-state index in [1.807, 2.05) is 25.1 Å². The van der Waals surface area contributed by atoms with Crippen LogP contribution in [0.4, 0.5) is 0 Å². The number of carbonyl (C=O) groups is 1. The largest absolute Gasteiger partial charge is 0.475 e. The van der Waals surface area contributed by atoms with Gasteiger partial charge in [0.1, 0.15) is 18.1 Å². The van der Waals surface area contributed by atoms with Crippen molar-refractivity contribution in [3.05, 3.63) is 47.1 Å². The molecule has 27 heavy (non-hydrogen) atoms. The van der Waals surface area contributed by atoms with E-state index < -0.39 is 0 Å². The topological polar surface area (TPSA) is 60.5 Å². The molecule has 6 heteroatoms. The van der Waals surface area contributed by atoms with E-state index in [9.17, 15) is 4.79 Å². The van der Waals surface area contributed by atoms with Crippen molar-refractivity contribution >= 4 is 17.5 Å². The van der Waals surface area contributed by atoms with Crippen LogP contribution in [0.2, 0.25) is 5.02 Å². The summed E-state index contributed by atoms with van der Waals surface area (Å²) in [5, 5.41) is 3.32. The quantitative estimate of drug-likeness (QED) is 0.679. The van der Waals surface area contributed by atoms with Crippen molar-refractivity contribution in [3.8, 4) is 17.4 Å². The van der Waals surface area contributed by atoms with Gasteiger partial charge in [-0.1, -0.05) is 38.4 Å². The predicted octanol–water partition coefficient (Wildman–Crippen LogP) is 5.12. The molecular weight excluding hydrogens is 364 g/mol. The van der Waals surface area contributed by atoms with Crippen LogP contribution >= 0.6 is 11.6 Å². The predicted molar refractivity (Wildman–Crippen MR) is 108 cm³/mol. The number of rotatable bonds is 8. The smallest absolute Gasteiger partial charge is 0.217 e. The van der Waals surface area contributed by atoms with E-state index >= 15 is 0 Å². The van der Waals surface area contributed by atoms with Crippen LogP contribution < -0.4 is 14.8 Å². The summed E-state index contributed by atoms with van der Waals surface area (Å²) in [7, 11) is 0. The number of hydrogen-bond acceptors (Lipinski definition) is 4. The molecule has 0 saturated heterocycles. The summed E-state index contributed by atoms with van der Waals surface area (Å²) in [6.45, 7) is 10.2. The second-order valence-corrected chi connectivity index (χ2v) is 7.64. The van der Waals surface area contributed by atoms with Crippen molar-refractivity contribution in [2.75, 3.05) is 6.61 Å². The highest BCUT2D eigenvalue weighted by Gasteiger charge is 2.19. The number of hydrogen-bond donors (Lipinski definition) is 1. The highest BCUT2D eigenvalue weighted by Crippen LogP contribution is 2.35. The Labute approximate surface area is 166 Å². The van der Waals surface area contributed by atoms with Crippen molar-refractivity contribution in [2.24, 2.45) is 0 Å². The number of nitrogens with zero attached hydrogens (tertiary/aromatic N) is 1. The first-order valence-corrected chi connectivity index (χ1v) is 9.43. The van der Waals surface area contributed by atoms with Gasteiger partial charge in [0.2, 0.25) is 11.8 Å². The summed E-state index contributed by atoms with van der Waals surface area (Å²) in [6.07, 6.45) is 2.61. The second-order valence-electron chi connectivity index (χ2n) is 7.23. The fraction of sp³-hybridized carbons (Fsp3) is 0.429. The van der Waals surface area contributed by atoms with Crippen LogP contribution in [0.1, 0.15) is 46.6 Å². The standard InChI is InChI=1S/C21H27ClN2O3/c1-6-21(4,5)16-7-9-19(18(22)11-16)27-17-8-10-20(23-12-17)26-13-14(2)24-15(3)25/h7-12,14H,6,13H2,1-5H3,(H,24,25)/t14-/m0/s1. The molecule has 1 N–H and O–H groups in total. The van der Waals surface area contributed by atoms with E-state index in [-0.39, 0.29) is 17.4 Å². The Bertz CT molecular complexity index is 775. The van der Waals surface area contributed by atoms with E-state index in [0.717, 1.165) is 6.42 Å². The number of nitrogens with one attached hydrogen (secondary N) is 1. The van der Waals surface area contributed by atoms with Crippen molar-refractivity contribution in [1.82, 2.24) is 10.3 Å². The fourth-order valence-corrected chi connectivity index (χ4v) is 2.67. The van der Waals surface area contributed by atoms with Gasteiger partial charge in [-0.15, -0.1) is 0 Å². The van der Waals surface area contributed by atoms with Crippen molar-refractivity contribution in [1.29, 1.82) is 0 Å². The lowest BCUT2D eigenvalue weighted by Gasteiger charge is -2.24. The third kappa shape index (κ3) is 6.14. The first-order chi connectivity index (χ1) is 12.7. The average Bonchev–Trinajstić information content (AvgIpc) is 2.62. The normalized spacial score (nSPS) is 12.4. The van der Waals surface area contributed by atoms with Crippen molar-refractivity contribution in [2.45, 2.75) is 52.5 Å². The fourth-order valence-electron chi connectivity index (χ4n) is 2.45. The molecule has 0 fully saturated rings. The molecule has 0 bridgehead atoms. The van der Waals surface area contributed by atoms with E-state index in [0.29, 0.717) is 29.0 Å². The lowest BCUT2D eigenvalue weighted by atomic mass is 9.82. The highest BCUT2D eigenvalue weighted by atomic mass is 35.5. The first kappa shape index (κ1) is 21.0. The molecular formula is C21H27ClN2O3. The van der Waals surface area contributed by atoms with Gasteiger partial charge in [-0.25, -0.2) is 4.98 Å². The SMILES string of the molecule is CCC(C)(C)c1ccc(Oc2ccc(OC[C@H](C)NC(C)=O)nc2)c(Cl)c1. The number of benzene rings is 1. The second kappa shape index (κ2) is 9.09. The summed E-state index contributed by atoms with van der Waals surface area (Å²) in [6, 6.07) is 9.27. The Balaban J connectivity index is 1.99. The van der Waals surface area contributed by atoms with Gasteiger partial charge >= 0.3 is 0 Å². The maximum absolute atomic E-state index is 11.0. The zero-order valence-electron chi connectivity index (χ0n) is 16.5. The molecule has 2 aromatic rings. The Morgan fingerprint density at radius 2 is 2.04 bits per heavy atom. The number of amides is 1. The molecule has 2 rings (SSSR count). The van der Waals surface area contributed by atoms with Gasteiger partial charge in [-0.05, 0) is 42.5 Å². The van der Waals surface area contributed by atoms with Crippen LogP contribution in [-0.4, -0.2) is 23.5 Å². The number of halogens is 1. The van der Waals surface area contributed by atoms with E-state index in [1.165, 1.54) is 12.5 Å². The molecule has 1 aromatic carbocycles. The summed E-state index contributed by atoms with van der Waals surface area (Å²) in [5.41, 5.74) is 1.24. The first-order valence-electron chi connectivity index (χ1n) is 9.05. The minimum atomic E-state index is -0.0927. The monoisotopic (exact) mass is 390 g/mol. The van der Waals surface area contributed by atoms with Gasteiger partial charge in [0, 0.05) is 13.0 Å². The van der Waals surface area contributed by atoms with Gasteiger partial charge in [0.25, 0.3) is 0 Å². The molecule has 1 atom stereocenters. The summed E-state index contributed by atoms with van der Waals surface area (Å²) in [5.74, 6) is 1.53. The Morgan fingerprint density at radius 3 is 2.59 bits per heavy atom. The molecule has 0 saturated carbocycles. The zero-order valence-corrected chi connectivity index (χ0v) is 17.3. The Kier molecular flexibility index (Phi) is 7.08. The van der Waals surface area contributed by atoms with Crippen molar-refractivity contribution in [3.63, 3.8) is 0 Å². The molecule has 0 unspecified atom stereocenters. The molecule has 1 aromatic heterocycles. The molecule has 1 heterocycles. The minimum absolute atomic E-state index is 0.0666. The number of aromatic nitrogens is 1. The molecule has 5 nitrogen and oxygen atoms in total. The Hall–Kier alpha value is -2.27. The molecule has 0 aliphatic rings. The van der Waals surface area contributed by atoms with Gasteiger partial charge in [-0.2, -0.15) is 0 Å². The number of ether oxygens (including phenoxy) is 2. The minimum Gasteiger partial charge on any atom is -0.475 e. The van der Waals surface area contributed by atoms with Crippen molar-refractivity contribution < 1.29 is 14.3 Å². The number of pyridine rings is 1. The van der Waals surface area contributed by atoms with Crippen LogP contribution in [0, 0.1) is 0 Å². The van der Waals surface area contributed by atoms with Gasteiger partial charge < -0.3 is 14.8 Å². The van der Waals surface area contributed by atoms with Crippen LogP contribution in [0.15, 0.2) is 36.5 Å². The van der Waals surface area contributed by atoms with E-state index in [2.05, 4.69) is 31.1 Å². The van der Waals surface area contributed by atoms with Gasteiger partial charge in [0.05, 0.1) is 17.3 Å². The molecule has 0 aliphatic heterocycles. The lowest BCUT2D eigenvalue weighted by molar-refractivity contribution is -0.119. The Morgan fingerprint density at radius 1 is 1.30 bits per heavy atom. The van der Waals surface area contributed by atoms with Crippen LogP contribution in [0.25, 0.3) is 0 Å². The summed E-state index contributed by atoms with van der Waals surface area (Å²) >= 11 is 6.40. The average molecular weight is 391 g/mol. The maximum atomic E-state index is 11.0. The highest BCUT2D eigenvalue weighted by molar-refractivity contribution is 6.32. The molecule has 146 valence electrons. The zero-order chi connectivity index (χ0) is 20.0. The summed E-state index contributed by atoms with van der Waals surface area (Å²) in [4.78, 5) is 15.2. The molecule has 0 radical (unpaired) electrons. The maximum Gasteiger partial charge on any atom is 0.217 e. The number of carbonyl (C=O) groups excluding carboxylic acids is 1. The molecule has 1 amide bonds. The van der Waals surface area contributed by atoms with Crippen LogP contribution in [-0.2, 0) is 10.2 Å². The summed E-state index contributed by atoms with van der Waals surface area (Å²) < 4.78 is 11.4. The van der Waals surface area contributed by atoms with Crippen LogP contribution in [0.3, 0.4) is 0 Å². The molecule has 0 spiro atoms. The third-order valence-corrected chi connectivity index (χ3v) is 4.76.